The molecule has 1 aliphatic carbocycles. The summed E-state index contributed by atoms with van der Waals surface area (Å²) in [7, 11) is 3.60. The van der Waals surface area contributed by atoms with Gasteiger partial charge in [0.2, 0.25) is 0 Å². The maximum Gasteiger partial charge on any atom is 0.316 e. The quantitative estimate of drug-likeness (QED) is 0.843. The van der Waals surface area contributed by atoms with Crippen LogP contribution in [0, 0.1) is 11.3 Å². The second-order valence-corrected chi connectivity index (χ2v) is 7.48. The van der Waals surface area contributed by atoms with Gasteiger partial charge in [-0.2, -0.15) is 0 Å². The average molecular weight is 334 g/mol. The number of nitrogens with one attached hydrogen (secondary N) is 1. The molecule has 1 saturated heterocycles. The second-order valence-electron chi connectivity index (χ2n) is 7.48. The van der Waals surface area contributed by atoms with E-state index in [4.69, 9.17) is 4.74 Å². The molecule has 0 radical (unpaired) electrons. The zero-order valence-electron chi connectivity index (χ0n) is 14.7. The molecule has 2 unspecified atom stereocenters. The van der Waals surface area contributed by atoms with Crippen molar-refractivity contribution >= 4 is 5.91 Å². The van der Waals surface area contributed by atoms with Crippen LogP contribution in [-0.2, 0) is 0 Å². The van der Waals surface area contributed by atoms with E-state index in [2.05, 4.69) is 41.1 Å². The summed E-state index contributed by atoms with van der Waals surface area (Å²) in [5.74, 6) is 0.271. The first-order chi connectivity index (χ1) is 11.4. The number of aliphatic hydroxyl groups excluding tert-OH is 1. The summed E-state index contributed by atoms with van der Waals surface area (Å²) in [4.78, 5) is 22.6. The van der Waals surface area contributed by atoms with Gasteiger partial charge in [-0.3, -0.25) is 4.79 Å². The molecule has 1 aliphatic heterocycles. The highest BCUT2D eigenvalue weighted by Crippen LogP contribution is 2.52. The molecule has 1 spiro atoms. The van der Waals surface area contributed by atoms with E-state index in [1.807, 2.05) is 0 Å². The van der Waals surface area contributed by atoms with Crippen LogP contribution < -0.4 is 10.1 Å². The molecule has 4 atom stereocenters. The minimum atomic E-state index is -0.511. The van der Waals surface area contributed by atoms with Crippen molar-refractivity contribution in [3.63, 3.8) is 0 Å². The molecule has 7 nitrogen and oxygen atoms in total. The number of hydrogen-bond acceptors (Lipinski definition) is 6. The standard InChI is InChI=1S/C17H26N4O3/c1-10(2)14-17(9-21(14)3)5-12(13(22)6-17)20-15(23)11-7-18-16(24-4)19-8-11/h7-8,10,12-14,22H,5-6,9H2,1-4H3,(H,20,23)/t12-,13-,14?,17?/m1/s1. The SMILES string of the molecule is COc1ncc(C(=O)N[C@@H]2CC3(C[C@H]2O)CN(C)C3C(C)C)cn1. The van der Waals surface area contributed by atoms with E-state index in [0.717, 1.165) is 19.4 Å². The summed E-state index contributed by atoms with van der Waals surface area (Å²) in [5.41, 5.74) is 0.478. The zero-order chi connectivity index (χ0) is 17.5. The fourth-order valence-electron chi connectivity index (χ4n) is 4.78. The van der Waals surface area contributed by atoms with Crippen LogP contribution >= 0.6 is 0 Å². The van der Waals surface area contributed by atoms with E-state index >= 15 is 0 Å². The van der Waals surface area contributed by atoms with Gasteiger partial charge in [0.1, 0.15) is 0 Å². The van der Waals surface area contributed by atoms with Crippen LogP contribution in [0.1, 0.15) is 37.0 Å². The largest absolute Gasteiger partial charge is 0.467 e. The first-order valence-electron chi connectivity index (χ1n) is 8.41. The van der Waals surface area contributed by atoms with Gasteiger partial charge < -0.3 is 20.1 Å². The highest BCUT2D eigenvalue weighted by atomic mass is 16.5. The first-order valence-corrected chi connectivity index (χ1v) is 8.41. The van der Waals surface area contributed by atoms with Gasteiger partial charge in [0.05, 0.1) is 24.8 Å². The van der Waals surface area contributed by atoms with Gasteiger partial charge in [-0.1, -0.05) is 13.8 Å². The van der Waals surface area contributed by atoms with Crippen molar-refractivity contribution in [1.29, 1.82) is 0 Å². The zero-order valence-corrected chi connectivity index (χ0v) is 14.7. The summed E-state index contributed by atoms with van der Waals surface area (Å²) >= 11 is 0. The third-order valence-electron chi connectivity index (χ3n) is 5.39. The highest BCUT2D eigenvalue weighted by molar-refractivity contribution is 5.93. The Kier molecular flexibility index (Phi) is 4.48. The van der Waals surface area contributed by atoms with E-state index in [-0.39, 0.29) is 23.4 Å². The number of rotatable bonds is 4. The van der Waals surface area contributed by atoms with Gasteiger partial charge in [0.25, 0.3) is 5.91 Å². The maximum atomic E-state index is 12.4. The molecule has 0 aromatic carbocycles. The van der Waals surface area contributed by atoms with Gasteiger partial charge in [0.15, 0.2) is 0 Å². The minimum Gasteiger partial charge on any atom is -0.467 e. The Balaban J connectivity index is 1.66. The van der Waals surface area contributed by atoms with Crippen LogP contribution in [0.5, 0.6) is 6.01 Å². The smallest absolute Gasteiger partial charge is 0.316 e. The number of carbonyl (C=O) groups is 1. The van der Waals surface area contributed by atoms with E-state index in [9.17, 15) is 9.90 Å². The monoisotopic (exact) mass is 334 g/mol. The lowest BCUT2D eigenvalue weighted by molar-refractivity contribution is -0.0827. The third kappa shape index (κ3) is 2.86. The van der Waals surface area contributed by atoms with Crippen LogP contribution in [0.3, 0.4) is 0 Å². The number of nitrogens with zero attached hydrogens (tertiary/aromatic N) is 3. The van der Waals surface area contributed by atoms with E-state index in [1.54, 1.807) is 0 Å². The third-order valence-corrected chi connectivity index (χ3v) is 5.39. The summed E-state index contributed by atoms with van der Waals surface area (Å²) in [6, 6.07) is 0.455. The summed E-state index contributed by atoms with van der Waals surface area (Å²) in [6.07, 6.45) is 3.91. The second kappa shape index (κ2) is 6.29. The van der Waals surface area contributed by atoms with Crippen LogP contribution in [0.2, 0.25) is 0 Å². The number of aliphatic hydroxyl groups is 1. The Morgan fingerprint density at radius 2 is 2.08 bits per heavy atom. The molecule has 1 aromatic rings. The van der Waals surface area contributed by atoms with Crippen molar-refractivity contribution < 1.29 is 14.6 Å². The van der Waals surface area contributed by atoms with E-state index in [1.165, 1.54) is 19.5 Å². The Labute approximate surface area is 142 Å². The molecule has 2 aliphatic rings. The van der Waals surface area contributed by atoms with E-state index in [0.29, 0.717) is 17.5 Å². The highest BCUT2D eigenvalue weighted by Gasteiger charge is 2.58. The Morgan fingerprint density at radius 1 is 1.42 bits per heavy atom. The van der Waals surface area contributed by atoms with Gasteiger partial charge in [-0.05, 0) is 25.8 Å². The normalized spacial score (nSPS) is 32.8. The Bertz CT molecular complexity index is 602. The van der Waals surface area contributed by atoms with E-state index < -0.39 is 6.10 Å². The molecular formula is C17H26N4O3. The molecular weight excluding hydrogens is 308 g/mol. The number of likely N-dealkylation sites (tertiary alicyclic amines) is 1. The topological polar surface area (TPSA) is 87.6 Å². The fraction of sp³-hybridized carbons (Fsp3) is 0.706. The fourth-order valence-corrected chi connectivity index (χ4v) is 4.78. The molecule has 1 aromatic heterocycles. The average Bonchev–Trinajstić information content (AvgIpc) is 2.84. The molecule has 132 valence electrons. The van der Waals surface area contributed by atoms with Crippen molar-refractivity contribution in [3.05, 3.63) is 18.0 Å². The molecule has 2 N–H and O–H groups in total. The first kappa shape index (κ1) is 17.1. The lowest BCUT2D eigenvalue weighted by atomic mass is 9.66. The Hall–Kier alpha value is -1.73. The number of ether oxygens (including phenoxy) is 1. The molecule has 1 saturated carbocycles. The van der Waals surface area contributed by atoms with Crippen LogP contribution in [0.4, 0.5) is 0 Å². The summed E-state index contributed by atoms with van der Waals surface area (Å²) < 4.78 is 4.89. The van der Waals surface area contributed by atoms with Crippen LogP contribution in [0.15, 0.2) is 12.4 Å². The van der Waals surface area contributed by atoms with Crippen LogP contribution in [0.25, 0.3) is 0 Å². The van der Waals surface area contributed by atoms with Gasteiger partial charge in [0, 0.05) is 30.4 Å². The van der Waals surface area contributed by atoms with Gasteiger partial charge in [-0.15, -0.1) is 0 Å². The number of carbonyl (C=O) groups excluding carboxylic acids is 1. The predicted octanol–water partition coefficient (Wildman–Crippen LogP) is 0.695. The molecule has 3 rings (SSSR count). The minimum absolute atomic E-state index is 0.108. The molecule has 0 bridgehead atoms. The molecule has 24 heavy (non-hydrogen) atoms. The van der Waals surface area contributed by atoms with Crippen molar-refractivity contribution in [2.75, 3.05) is 20.7 Å². The summed E-state index contributed by atoms with van der Waals surface area (Å²) in [5, 5.41) is 13.4. The van der Waals surface area contributed by atoms with Crippen molar-refractivity contribution in [3.8, 4) is 6.01 Å². The van der Waals surface area contributed by atoms with Gasteiger partial charge >= 0.3 is 6.01 Å². The molecule has 7 heteroatoms. The molecule has 1 amide bonds. The lowest BCUT2D eigenvalue weighted by Gasteiger charge is -2.57. The van der Waals surface area contributed by atoms with Crippen molar-refractivity contribution in [2.45, 2.75) is 44.9 Å². The van der Waals surface area contributed by atoms with Crippen LogP contribution in [-0.4, -0.2) is 64.8 Å². The summed E-state index contributed by atoms with van der Waals surface area (Å²) in [6.45, 7) is 5.41. The number of aromatic nitrogens is 2. The maximum absolute atomic E-state index is 12.4. The van der Waals surface area contributed by atoms with Crippen molar-refractivity contribution in [1.82, 2.24) is 20.2 Å². The molecule has 2 fully saturated rings. The predicted molar refractivity (Wildman–Crippen MR) is 88.8 cm³/mol. The number of hydrogen-bond donors (Lipinski definition) is 2. The number of methoxy groups -OCH3 is 1. The lowest BCUT2D eigenvalue weighted by Crippen LogP contribution is -2.64. The molecule has 2 heterocycles. The van der Waals surface area contributed by atoms with Gasteiger partial charge in [-0.25, -0.2) is 9.97 Å². The Morgan fingerprint density at radius 3 is 2.62 bits per heavy atom. The number of amides is 1. The van der Waals surface area contributed by atoms with Crippen molar-refractivity contribution in [2.24, 2.45) is 11.3 Å².